The average molecular weight is 330 g/mol. The fourth-order valence-corrected chi connectivity index (χ4v) is 2.73. The lowest BCUT2D eigenvalue weighted by Crippen LogP contribution is -2.07. The van der Waals surface area contributed by atoms with Crippen LogP contribution < -0.4 is 14.2 Å². The molecule has 0 radical (unpaired) electrons. The zero-order chi connectivity index (χ0) is 17.5. The van der Waals surface area contributed by atoms with E-state index in [2.05, 4.69) is 0 Å². The molecule has 0 aromatic heterocycles. The molecule has 2 aromatic rings. The summed E-state index contributed by atoms with van der Waals surface area (Å²) >= 11 is 0. The molecular formula is C19H22O5. The Morgan fingerprint density at radius 2 is 1.79 bits per heavy atom. The first-order chi connectivity index (χ1) is 11.6. The summed E-state index contributed by atoms with van der Waals surface area (Å²) in [6.45, 7) is 0. The molecule has 0 heterocycles. The monoisotopic (exact) mass is 330 g/mol. The minimum Gasteiger partial charge on any atom is -0.497 e. The van der Waals surface area contributed by atoms with Crippen LogP contribution in [-0.2, 0) is 24.1 Å². The number of methoxy groups -OCH3 is 3. The number of rotatable bonds is 8. The Hall–Kier alpha value is -2.69. The van der Waals surface area contributed by atoms with E-state index < -0.39 is 5.97 Å². The van der Waals surface area contributed by atoms with E-state index in [1.807, 2.05) is 24.3 Å². The maximum absolute atomic E-state index is 11.1. The Morgan fingerprint density at radius 3 is 2.42 bits per heavy atom. The van der Waals surface area contributed by atoms with Gasteiger partial charge in [0.05, 0.1) is 27.8 Å². The van der Waals surface area contributed by atoms with Gasteiger partial charge in [-0.05, 0) is 42.2 Å². The van der Waals surface area contributed by atoms with Crippen molar-refractivity contribution in [2.75, 3.05) is 21.3 Å². The van der Waals surface area contributed by atoms with Gasteiger partial charge in [0.25, 0.3) is 0 Å². The molecule has 0 amide bonds. The molecule has 0 aliphatic rings. The first-order valence-electron chi connectivity index (χ1n) is 7.66. The summed E-state index contributed by atoms with van der Waals surface area (Å²) in [4.78, 5) is 11.1. The van der Waals surface area contributed by atoms with E-state index in [4.69, 9.17) is 19.3 Å². The van der Waals surface area contributed by atoms with E-state index in [9.17, 15) is 4.79 Å². The summed E-state index contributed by atoms with van der Waals surface area (Å²) in [6.07, 6.45) is 1.34. The maximum atomic E-state index is 11.1. The molecular weight excluding hydrogens is 308 g/mol. The zero-order valence-electron chi connectivity index (χ0n) is 14.2. The lowest BCUT2D eigenvalue weighted by molar-refractivity contribution is -0.136. The van der Waals surface area contributed by atoms with Crippen molar-refractivity contribution in [1.29, 1.82) is 0 Å². The fourth-order valence-electron chi connectivity index (χ4n) is 2.73. The summed E-state index contributed by atoms with van der Waals surface area (Å²) in [7, 11) is 4.77. The van der Waals surface area contributed by atoms with E-state index in [0.717, 1.165) is 28.9 Å². The van der Waals surface area contributed by atoms with Crippen LogP contribution in [0.15, 0.2) is 36.4 Å². The van der Waals surface area contributed by atoms with Crippen molar-refractivity contribution < 1.29 is 24.1 Å². The van der Waals surface area contributed by atoms with Crippen LogP contribution in [0, 0.1) is 0 Å². The van der Waals surface area contributed by atoms with Crippen LogP contribution in [0.1, 0.15) is 16.7 Å². The number of benzene rings is 2. The number of carboxylic acids is 1. The Morgan fingerprint density at radius 1 is 1.00 bits per heavy atom. The third kappa shape index (κ3) is 4.19. The van der Waals surface area contributed by atoms with Crippen LogP contribution in [0.2, 0.25) is 0 Å². The highest BCUT2D eigenvalue weighted by Gasteiger charge is 2.16. The number of aryl methyl sites for hydroxylation is 1. The molecule has 0 unspecified atom stereocenters. The summed E-state index contributed by atoms with van der Waals surface area (Å²) in [5, 5.41) is 9.15. The SMILES string of the molecule is COc1cccc(CCc2c(CC(=O)O)ccc(OC)c2OC)c1. The second-order valence-corrected chi connectivity index (χ2v) is 5.36. The molecule has 128 valence electrons. The summed E-state index contributed by atoms with van der Waals surface area (Å²) in [5.74, 6) is 1.13. The minimum absolute atomic E-state index is 0.0478. The Labute approximate surface area is 141 Å². The summed E-state index contributed by atoms with van der Waals surface area (Å²) in [6, 6.07) is 11.4. The number of carboxylic acid groups (broad SMARTS) is 1. The van der Waals surface area contributed by atoms with Crippen LogP contribution in [0.25, 0.3) is 0 Å². The highest BCUT2D eigenvalue weighted by atomic mass is 16.5. The van der Waals surface area contributed by atoms with Crippen molar-refractivity contribution in [3.63, 3.8) is 0 Å². The molecule has 24 heavy (non-hydrogen) atoms. The number of carbonyl (C=O) groups is 1. The van der Waals surface area contributed by atoms with Crippen LogP contribution in [-0.4, -0.2) is 32.4 Å². The highest BCUT2D eigenvalue weighted by molar-refractivity contribution is 5.72. The van der Waals surface area contributed by atoms with E-state index in [-0.39, 0.29) is 6.42 Å². The molecule has 1 N–H and O–H groups in total. The lowest BCUT2D eigenvalue weighted by Gasteiger charge is -2.16. The maximum Gasteiger partial charge on any atom is 0.307 e. The first-order valence-corrected chi connectivity index (χ1v) is 7.66. The molecule has 5 nitrogen and oxygen atoms in total. The van der Waals surface area contributed by atoms with Crippen molar-refractivity contribution in [2.45, 2.75) is 19.3 Å². The Kier molecular flexibility index (Phi) is 6.07. The minimum atomic E-state index is -0.871. The van der Waals surface area contributed by atoms with Crippen molar-refractivity contribution in [2.24, 2.45) is 0 Å². The third-order valence-electron chi connectivity index (χ3n) is 3.88. The van der Waals surface area contributed by atoms with Gasteiger partial charge in [0.15, 0.2) is 11.5 Å². The molecule has 0 bridgehead atoms. The summed E-state index contributed by atoms with van der Waals surface area (Å²) < 4.78 is 16.1. The van der Waals surface area contributed by atoms with Crippen LogP contribution in [0.4, 0.5) is 0 Å². The van der Waals surface area contributed by atoms with E-state index in [1.54, 1.807) is 33.5 Å². The van der Waals surface area contributed by atoms with Gasteiger partial charge in [-0.2, -0.15) is 0 Å². The number of ether oxygens (including phenoxy) is 3. The van der Waals surface area contributed by atoms with Gasteiger partial charge in [-0.1, -0.05) is 18.2 Å². The van der Waals surface area contributed by atoms with Gasteiger partial charge in [-0.3, -0.25) is 4.79 Å². The molecule has 0 fully saturated rings. The zero-order valence-corrected chi connectivity index (χ0v) is 14.2. The third-order valence-corrected chi connectivity index (χ3v) is 3.88. The van der Waals surface area contributed by atoms with E-state index in [1.165, 1.54) is 0 Å². The van der Waals surface area contributed by atoms with Crippen molar-refractivity contribution in [3.05, 3.63) is 53.1 Å². The van der Waals surface area contributed by atoms with Gasteiger partial charge in [-0.15, -0.1) is 0 Å². The predicted molar refractivity (Wildman–Crippen MR) is 91.3 cm³/mol. The van der Waals surface area contributed by atoms with Crippen molar-refractivity contribution in [1.82, 2.24) is 0 Å². The molecule has 2 rings (SSSR count). The second-order valence-electron chi connectivity index (χ2n) is 5.36. The number of aliphatic carboxylic acids is 1. The molecule has 2 aromatic carbocycles. The topological polar surface area (TPSA) is 65.0 Å². The van der Waals surface area contributed by atoms with Gasteiger partial charge in [-0.25, -0.2) is 0 Å². The fraction of sp³-hybridized carbons (Fsp3) is 0.316. The van der Waals surface area contributed by atoms with Crippen molar-refractivity contribution >= 4 is 5.97 Å². The molecule has 0 atom stereocenters. The van der Waals surface area contributed by atoms with Crippen LogP contribution in [0.3, 0.4) is 0 Å². The standard InChI is InChI=1S/C19H22O5/c1-22-15-6-4-5-13(11-15)7-9-16-14(12-18(20)21)8-10-17(23-2)19(16)24-3/h4-6,8,10-11H,7,9,12H2,1-3H3,(H,20,21). The molecule has 0 saturated carbocycles. The van der Waals surface area contributed by atoms with E-state index >= 15 is 0 Å². The number of hydrogen-bond acceptors (Lipinski definition) is 4. The molecule has 0 aliphatic carbocycles. The average Bonchev–Trinajstić information content (AvgIpc) is 2.59. The Bertz CT molecular complexity index is 709. The van der Waals surface area contributed by atoms with Gasteiger partial charge >= 0.3 is 5.97 Å². The predicted octanol–water partition coefficient (Wildman–Crippen LogP) is 3.12. The first kappa shape index (κ1) is 17.7. The van der Waals surface area contributed by atoms with Gasteiger partial charge in [0, 0.05) is 5.56 Å². The van der Waals surface area contributed by atoms with Gasteiger partial charge in [0.2, 0.25) is 0 Å². The number of hydrogen-bond donors (Lipinski definition) is 1. The smallest absolute Gasteiger partial charge is 0.307 e. The second kappa shape index (κ2) is 8.24. The molecule has 0 spiro atoms. The lowest BCUT2D eigenvalue weighted by atomic mass is 9.96. The van der Waals surface area contributed by atoms with Gasteiger partial charge in [0.1, 0.15) is 5.75 Å². The molecule has 5 heteroatoms. The molecule has 0 aliphatic heterocycles. The van der Waals surface area contributed by atoms with Gasteiger partial charge < -0.3 is 19.3 Å². The van der Waals surface area contributed by atoms with Crippen molar-refractivity contribution in [3.8, 4) is 17.2 Å². The Balaban J connectivity index is 2.32. The summed E-state index contributed by atoms with van der Waals surface area (Å²) in [5.41, 5.74) is 2.71. The highest BCUT2D eigenvalue weighted by Crippen LogP contribution is 2.34. The normalized spacial score (nSPS) is 10.3. The van der Waals surface area contributed by atoms with E-state index in [0.29, 0.717) is 17.9 Å². The quantitative estimate of drug-likeness (QED) is 0.805. The molecule has 0 saturated heterocycles. The largest absolute Gasteiger partial charge is 0.497 e. The van der Waals surface area contributed by atoms with Crippen LogP contribution >= 0.6 is 0 Å². The van der Waals surface area contributed by atoms with Crippen LogP contribution in [0.5, 0.6) is 17.2 Å².